The Hall–Kier alpha value is -2.87. The zero-order valence-electron chi connectivity index (χ0n) is 19.2. The molecular weight excluding hydrogens is 426 g/mol. The smallest absolute Gasteiger partial charge is 0.244 e. The molecule has 0 aromatic heterocycles. The van der Waals surface area contributed by atoms with Gasteiger partial charge in [0, 0.05) is 13.1 Å². The number of hydrogen-bond donors (Lipinski definition) is 1. The molecule has 0 bridgehead atoms. The zero-order chi connectivity index (χ0) is 23.7. The minimum atomic E-state index is -3.71. The van der Waals surface area contributed by atoms with Crippen LogP contribution in [-0.2, 0) is 26.2 Å². The van der Waals surface area contributed by atoms with Gasteiger partial charge in [0.15, 0.2) is 0 Å². The first-order valence-corrected chi connectivity index (χ1v) is 12.6. The molecule has 1 N–H and O–H groups in total. The number of carbonyl (C=O) groups is 2. The van der Waals surface area contributed by atoms with Crippen LogP contribution in [0.15, 0.2) is 60.7 Å². The topological polar surface area (TPSA) is 86.8 Å². The Kier molecular flexibility index (Phi) is 9.26. The molecule has 1 unspecified atom stereocenters. The highest BCUT2D eigenvalue weighted by atomic mass is 32.2. The van der Waals surface area contributed by atoms with Gasteiger partial charge < -0.3 is 10.2 Å². The van der Waals surface area contributed by atoms with E-state index < -0.39 is 22.0 Å². The summed E-state index contributed by atoms with van der Waals surface area (Å²) in [5, 5.41) is 2.90. The van der Waals surface area contributed by atoms with Gasteiger partial charge in [0.05, 0.1) is 11.9 Å². The van der Waals surface area contributed by atoms with E-state index in [-0.39, 0.29) is 24.9 Å². The molecule has 2 rings (SSSR count). The third-order valence-electron chi connectivity index (χ3n) is 4.99. The molecule has 2 aromatic carbocycles. The van der Waals surface area contributed by atoms with Crippen LogP contribution >= 0.6 is 0 Å². The normalized spacial score (nSPS) is 12.3. The number of amides is 2. The molecule has 2 amide bonds. The second-order valence-electron chi connectivity index (χ2n) is 8.18. The first kappa shape index (κ1) is 25.4. The van der Waals surface area contributed by atoms with Gasteiger partial charge in [-0.3, -0.25) is 13.9 Å². The van der Waals surface area contributed by atoms with E-state index in [1.807, 2.05) is 51.1 Å². The number of anilines is 1. The lowest BCUT2D eigenvalue weighted by molar-refractivity contribution is -0.140. The van der Waals surface area contributed by atoms with Crippen LogP contribution in [0.25, 0.3) is 0 Å². The Balaban J connectivity index is 2.36. The molecule has 0 radical (unpaired) electrons. The molecule has 0 fully saturated rings. The number of benzene rings is 2. The van der Waals surface area contributed by atoms with Crippen molar-refractivity contribution >= 4 is 27.5 Å². The molecule has 0 aliphatic carbocycles. The molecule has 0 saturated heterocycles. The maximum absolute atomic E-state index is 13.5. The summed E-state index contributed by atoms with van der Waals surface area (Å²) in [6.45, 7) is 6.16. The summed E-state index contributed by atoms with van der Waals surface area (Å²) in [4.78, 5) is 27.9. The minimum Gasteiger partial charge on any atom is -0.354 e. The van der Waals surface area contributed by atoms with Crippen molar-refractivity contribution in [1.29, 1.82) is 0 Å². The van der Waals surface area contributed by atoms with Crippen molar-refractivity contribution in [1.82, 2.24) is 10.2 Å². The monoisotopic (exact) mass is 459 g/mol. The van der Waals surface area contributed by atoms with E-state index in [9.17, 15) is 18.0 Å². The van der Waals surface area contributed by atoms with Gasteiger partial charge in [-0.2, -0.15) is 0 Å². The molecule has 1 atom stereocenters. The summed E-state index contributed by atoms with van der Waals surface area (Å²) in [6, 6.07) is 17.2. The number of rotatable bonds is 11. The van der Waals surface area contributed by atoms with E-state index in [2.05, 4.69) is 5.32 Å². The van der Waals surface area contributed by atoms with Crippen LogP contribution < -0.4 is 9.62 Å². The minimum absolute atomic E-state index is 0.208. The zero-order valence-corrected chi connectivity index (χ0v) is 20.0. The molecule has 0 aliphatic rings. The molecule has 0 spiro atoms. The molecule has 2 aromatic rings. The molecule has 8 heteroatoms. The maximum atomic E-state index is 13.5. The number of para-hydroxylation sites is 1. The fraction of sp³-hybridized carbons (Fsp3) is 0.417. The summed E-state index contributed by atoms with van der Waals surface area (Å²) in [5.74, 6) is -0.403. The van der Waals surface area contributed by atoms with Crippen LogP contribution in [0.4, 0.5) is 5.69 Å². The largest absolute Gasteiger partial charge is 0.354 e. The van der Waals surface area contributed by atoms with Crippen molar-refractivity contribution in [3.8, 4) is 0 Å². The summed E-state index contributed by atoms with van der Waals surface area (Å²) in [5.41, 5.74) is 1.27. The Bertz CT molecular complexity index is 979. The van der Waals surface area contributed by atoms with E-state index in [0.29, 0.717) is 18.7 Å². The summed E-state index contributed by atoms with van der Waals surface area (Å²) in [7, 11) is -3.71. The van der Waals surface area contributed by atoms with Crippen molar-refractivity contribution in [3.63, 3.8) is 0 Å². The van der Waals surface area contributed by atoms with Crippen molar-refractivity contribution in [2.45, 2.75) is 39.8 Å². The number of nitrogens with zero attached hydrogens (tertiary/aromatic N) is 2. The summed E-state index contributed by atoms with van der Waals surface area (Å²) < 4.78 is 26.0. The van der Waals surface area contributed by atoms with Crippen molar-refractivity contribution in [3.05, 3.63) is 66.2 Å². The third-order valence-corrected chi connectivity index (χ3v) is 6.13. The average Bonchev–Trinajstić information content (AvgIpc) is 2.76. The molecule has 0 aliphatic heterocycles. The van der Waals surface area contributed by atoms with Gasteiger partial charge in [0.2, 0.25) is 21.8 Å². The Labute approximate surface area is 191 Å². The molecule has 0 heterocycles. The highest BCUT2D eigenvalue weighted by molar-refractivity contribution is 7.92. The van der Waals surface area contributed by atoms with E-state index in [4.69, 9.17) is 0 Å². The number of carbonyl (C=O) groups excluding carboxylic acids is 2. The second kappa shape index (κ2) is 11.7. The summed E-state index contributed by atoms with van der Waals surface area (Å²) in [6.07, 6.45) is 1.48. The van der Waals surface area contributed by atoms with Gasteiger partial charge in [-0.05, 0) is 30.0 Å². The second-order valence-corrected chi connectivity index (χ2v) is 10.1. The number of sulfonamides is 1. The highest BCUT2D eigenvalue weighted by Gasteiger charge is 2.31. The van der Waals surface area contributed by atoms with Gasteiger partial charge in [-0.15, -0.1) is 0 Å². The average molecular weight is 460 g/mol. The van der Waals surface area contributed by atoms with Crippen LogP contribution in [0.5, 0.6) is 0 Å². The van der Waals surface area contributed by atoms with E-state index in [0.717, 1.165) is 16.1 Å². The van der Waals surface area contributed by atoms with Gasteiger partial charge in [0.1, 0.15) is 12.6 Å². The maximum Gasteiger partial charge on any atom is 0.244 e. The highest BCUT2D eigenvalue weighted by Crippen LogP contribution is 2.19. The van der Waals surface area contributed by atoms with Crippen LogP contribution in [0.3, 0.4) is 0 Å². The molecular formula is C24H33N3O4S. The molecule has 0 saturated carbocycles. The fourth-order valence-corrected chi connectivity index (χ4v) is 4.18. The first-order chi connectivity index (χ1) is 15.1. The number of hydrogen-bond acceptors (Lipinski definition) is 4. The molecule has 174 valence electrons. The quantitative estimate of drug-likeness (QED) is 0.560. The van der Waals surface area contributed by atoms with E-state index in [1.165, 1.54) is 4.90 Å². The van der Waals surface area contributed by atoms with Gasteiger partial charge in [-0.25, -0.2) is 8.42 Å². The summed E-state index contributed by atoms with van der Waals surface area (Å²) >= 11 is 0. The standard InChI is InChI=1S/C24H33N3O4S/c1-5-22(24(29)25-16-19(2)3)26(17-20-12-8-6-9-13-20)23(28)18-27(32(4,30)31)21-14-10-7-11-15-21/h6-15,19,22H,5,16-18H2,1-4H3,(H,25,29). The Morgan fingerprint density at radius 1 is 0.969 bits per heavy atom. The van der Waals surface area contributed by atoms with Crippen LogP contribution in [0, 0.1) is 5.92 Å². The van der Waals surface area contributed by atoms with Crippen molar-refractivity contribution in [2.24, 2.45) is 5.92 Å². The lowest BCUT2D eigenvalue weighted by Gasteiger charge is -2.33. The predicted octanol–water partition coefficient (Wildman–Crippen LogP) is 3.03. The van der Waals surface area contributed by atoms with E-state index in [1.54, 1.807) is 30.3 Å². The Morgan fingerprint density at radius 3 is 2.03 bits per heavy atom. The van der Waals surface area contributed by atoms with Gasteiger partial charge >= 0.3 is 0 Å². The van der Waals surface area contributed by atoms with Crippen molar-refractivity contribution in [2.75, 3.05) is 23.7 Å². The predicted molar refractivity (Wildman–Crippen MR) is 128 cm³/mol. The SMILES string of the molecule is CCC(C(=O)NCC(C)C)N(Cc1ccccc1)C(=O)CN(c1ccccc1)S(C)(=O)=O. The molecule has 7 nitrogen and oxygen atoms in total. The van der Waals surface area contributed by atoms with Crippen molar-refractivity contribution < 1.29 is 18.0 Å². The fourth-order valence-electron chi connectivity index (χ4n) is 3.33. The lowest BCUT2D eigenvalue weighted by atomic mass is 10.1. The van der Waals surface area contributed by atoms with Crippen LogP contribution in [-0.4, -0.2) is 50.5 Å². The van der Waals surface area contributed by atoms with Crippen LogP contribution in [0.1, 0.15) is 32.8 Å². The van der Waals surface area contributed by atoms with Crippen LogP contribution in [0.2, 0.25) is 0 Å². The molecule has 32 heavy (non-hydrogen) atoms. The lowest BCUT2D eigenvalue weighted by Crippen LogP contribution is -2.52. The van der Waals surface area contributed by atoms with Gasteiger partial charge in [0.25, 0.3) is 0 Å². The van der Waals surface area contributed by atoms with E-state index >= 15 is 0 Å². The van der Waals surface area contributed by atoms with Gasteiger partial charge in [-0.1, -0.05) is 69.3 Å². The third kappa shape index (κ3) is 7.37. The Morgan fingerprint density at radius 2 is 1.53 bits per heavy atom. The first-order valence-electron chi connectivity index (χ1n) is 10.8. The number of nitrogens with one attached hydrogen (secondary N) is 1.